The Kier molecular flexibility index (Phi) is 6.44. The number of nitrogens with zero attached hydrogens (tertiary/aromatic N) is 5. The highest BCUT2D eigenvalue weighted by molar-refractivity contribution is 6.12. The fraction of sp³-hybridized carbons (Fsp3) is 0.0556. The summed E-state index contributed by atoms with van der Waals surface area (Å²) in [5.74, 6) is 0.893. The Hall–Kier alpha value is -7.63. The molecule has 0 bridgehead atoms. The van der Waals surface area contributed by atoms with Gasteiger partial charge >= 0.3 is 0 Å². The highest BCUT2D eigenvalue weighted by Crippen LogP contribution is 2.49. The summed E-state index contributed by atoms with van der Waals surface area (Å²) in [6, 6.07) is 68.5. The van der Waals surface area contributed by atoms with E-state index in [4.69, 9.17) is 4.98 Å². The minimum Gasteiger partial charge on any atom is -0.309 e. The number of aromatic nitrogens is 5. The Morgan fingerprint density at radius 3 is 1.85 bits per heavy atom. The molecule has 0 amide bonds. The molecule has 59 heavy (non-hydrogen) atoms. The van der Waals surface area contributed by atoms with Gasteiger partial charge in [-0.25, -0.2) is 4.98 Å². The zero-order chi connectivity index (χ0) is 39.0. The summed E-state index contributed by atoms with van der Waals surface area (Å²) in [7, 11) is 0. The van der Waals surface area contributed by atoms with Crippen LogP contribution in [0.15, 0.2) is 188 Å². The average Bonchev–Trinajstić information content (AvgIpc) is 4.05. The summed E-state index contributed by atoms with van der Waals surface area (Å²) < 4.78 is 9.51. The molecule has 0 unspecified atom stereocenters. The van der Waals surface area contributed by atoms with Gasteiger partial charge in [0.1, 0.15) is 5.52 Å². The van der Waals surface area contributed by atoms with Crippen LogP contribution in [0.25, 0.3) is 100.0 Å². The monoisotopic (exact) mass is 755 g/mol. The molecule has 4 aromatic heterocycles. The molecule has 0 atom stereocenters. The lowest BCUT2D eigenvalue weighted by atomic mass is 9.81. The Balaban J connectivity index is 0.997. The SMILES string of the molecule is CC1(C)c2ccccc2-c2ccc(-c3ccc(-n4c5ccccc5c5cc(-n6c7c8ccccc8n(-c8ccccc8)c7n7c8ccccc8nc67)ccc54)cc3)cc21. The van der Waals surface area contributed by atoms with Crippen molar-refractivity contribution >= 4 is 60.7 Å². The van der Waals surface area contributed by atoms with Crippen LogP contribution >= 0.6 is 0 Å². The van der Waals surface area contributed by atoms with Crippen molar-refractivity contribution in [2.45, 2.75) is 19.3 Å². The van der Waals surface area contributed by atoms with Gasteiger partial charge in [0.15, 0.2) is 5.65 Å². The van der Waals surface area contributed by atoms with E-state index in [0.29, 0.717) is 0 Å². The molecule has 0 aliphatic heterocycles. The maximum Gasteiger partial charge on any atom is 0.221 e. The number of para-hydroxylation sites is 5. The van der Waals surface area contributed by atoms with Crippen LogP contribution in [0.2, 0.25) is 0 Å². The second kappa shape index (κ2) is 11.7. The van der Waals surface area contributed by atoms with E-state index in [1.54, 1.807) is 0 Å². The summed E-state index contributed by atoms with van der Waals surface area (Å²) in [6.45, 7) is 4.69. The van der Waals surface area contributed by atoms with Crippen LogP contribution in [0.3, 0.4) is 0 Å². The van der Waals surface area contributed by atoms with Crippen molar-refractivity contribution in [2.24, 2.45) is 0 Å². The third-order valence-electron chi connectivity index (χ3n) is 13.0. The van der Waals surface area contributed by atoms with E-state index < -0.39 is 0 Å². The lowest BCUT2D eigenvalue weighted by Crippen LogP contribution is -2.14. The molecule has 1 aliphatic carbocycles. The Morgan fingerprint density at radius 2 is 1.02 bits per heavy atom. The standard InChI is InChI=1S/C54H37N5/c1-54(2)44-19-9-6-16-39(44)40-30-26-35(32-45(40)54)34-24-27-37(28-25-34)56-47-21-11-7-17-41(47)43-33-38(29-31-49(43)56)58-51-42-18-8-12-22-48(42)57(36-14-4-3-5-15-36)52(51)59-50-23-13-10-20-46(50)55-53(58)59/h3-33H,1-2H3. The molecule has 0 spiro atoms. The van der Waals surface area contributed by atoms with E-state index in [-0.39, 0.29) is 5.41 Å². The number of imidazole rings is 2. The number of fused-ring (bicyclic) bond motifs is 13. The second-order valence-corrected chi connectivity index (χ2v) is 16.5. The van der Waals surface area contributed by atoms with Gasteiger partial charge in [0.25, 0.3) is 0 Å². The Bertz CT molecular complexity index is 3680. The molecule has 0 fully saturated rings. The number of hydrogen-bond acceptors (Lipinski definition) is 1. The third-order valence-corrected chi connectivity index (χ3v) is 13.0. The van der Waals surface area contributed by atoms with Gasteiger partial charge in [0, 0.05) is 32.9 Å². The van der Waals surface area contributed by atoms with Crippen LogP contribution in [-0.2, 0) is 5.41 Å². The van der Waals surface area contributed by atoms with E-state index in [1.165, 1.54) is 60.6 Å². The minimum atomic E-state index is -0.0358. The van der Waals surface area contributed by atoms with Gasteiger partial charge in [0.05, 0.1) is 33.3 Å². The van der Waals surface area contributed by atoms with Crippen molar-refractivity contribution in [3.63, 3.8) is 0 Å². The molecule has 0 radical (unpaired) electrons. The van der Waals surface area contributed by atoms with Crippen molar-refractivity contribution in [1.82, 2.24) is 23.1 Å². The van der Waals surface area contributed by atoms with Crippen LogP contribution in [0.4, 0.5) is 0 Å². The lowest BCUT2D eigenvalue weighted by Gasteiger charge is -2.22. The molecule has 12 aromatic rings. The van der Waals surface area contributed by atoms with Crippen molar-refractivity contribution < 1.29 is 0 Å². The van der Waals surface area contributed by atoms with Crippen LogP contribution in [-0.4, -0.2) is 23.1 Å². The summed E-state index contributed by atoms with van der Waals surface area (Å²) in [4.78, 5) is 5.32. The molecule has 4 heterocycles. The normalized spacial score (nSPS) is 13.4. The zero-order valence-electron chi connectivity index (χ0n) is 32.6. The molecular weight excluding hydrogens is 719 g/mol. The Labute approximate surface area is 340 Å². The van der Waals surface area contributed by atoms with E-state index >= 15 is 0 Å². The first-order valence-electron chi connectivity index (χ1n) is 20.4. The van der Waals surface area contributed by atoms with E-state index in [1.807, 2.05) is 0 Å². The van der Waals surface area contributed by atoms with E-state index in [2.05, 4.69) is 220 Å². The molecule has 278 valence electrons. The van der Waals surface area contributed by atoms with Gasteiger partial charge in [0.2, 0.25) is 5.78 Å². The molecule has 13 rings (SSSR count). The molecule has 0 N–H and O–H groups in total. The van der Waals surface area contributed by atoms with Crippen molar-refractivity contribution in [1.29, 1.82) is 0 Å². The second-order valence-electron chi connectivity index (χ2n) is 16.5. The molecule has 5 heteroatoms. The first-order valence-corrected chi connectivity index (χ1v) is 20.4. The maximum absolute atomic E-state index is 5.32. The van der Waals surface area contributed by atoms with Crippen molar-refractivity contribution in [3.05, 3.63) is 199 Å². The van der Waals surface area contributed by atoms with Gasteiger partial charge in [-0.2, -0.15) is 0 Å². The van der Waals surface area contributed by atoms with Crippen molar-refractivity contribution in [2.75, 3.05) is 0 Å². The quantitative estimate of drug-likeness (QED) is 0.176. The number of rotatable bonds is 4. The fourth-order valence-electron chi connectivity index (χ4n) is 10.3. The third kappa shape index (κ3) is 4.36. The van der Waals surface area contributed by atoms with Gasteiger partial charge in [-0.05, 0) is 106 Å². The molecule has 0 saturated carbocycles. The predicted molar refractivity (Wildman–Crippen MR) is 244 cm³/mol. The van der Waals surface area contributed by atoms with Gasteiger partial charge in [-0.3, -0.25) is 13.5 Å². The van der Waals surface area contributed by atoms with Crippen LogP contribution in [0, 0.1) is 0 Å². The molecule has 1 aliphatic rings. The van der Waals surface area contributed by atoms with Gasteiger partial charge in [-0.15, -0.1) is 0 Å². The highest BCUT2D eigenvalue weighted by Gasteiger charge is 2.35. The van der Waals surface area contributed by atoms with Gasteiger partial charge < -0.3 is 4.57 Å². The van der Waals surface area contributed by atoms with Crippen LogP contribution in [0.5, 0.6) is 0 Å². The largest absolute Gasteiger partial charge is 0.309 e. The summed E-state index contributed by atoms with van der Waals surface area (Å²) in [5, 5.41) is 3.60. The average molecular weight is 756 g/mol. The topological polar surface area (TPSA) is 32.1 Å². The molecular formula is C54H37N5. The molecule has 0 saturated heterocycles. The van der Waals surface area contributed by atoms with Crippen LogP contribution < -0.4 is 0 Å². The summed E-state index contributed by atoms with van der Waals surface area (Å²) in [6.07, 6.45) is 0. The summed E-state index contributed by atoms with van der Waals surface area (Å²) >= 11 is 0. The first kappa shape index (κ1) is 32.5. The number of hydrogen-bond donors (Lipinski definition) is 0. The fourth-order valence-corrected chi connectivity index (χ4v) is 10.3. The zero-order valence-corrected chi connectivity index (χ0v) is 32.6. The number of benzene rings is 8. The van der Waals surface area contributed by atoms with E-state index in [9.17, 15) is 0 Å². The van der Waals surface area contributed by atoms with E-state index in [0.717, 1.165) is 50.6 Å². The predicted octanol–water partition coefficient (Wildman–Crippen LogP) is 13.4. The maximum atomic E-state index is 5.32. The molecule has 8 aromatic carbocycles. The first-order chi connectivity index (χ1) is 29.0. The Morgan fingerprint density at radius 1 is 0.407 bits per heavy atom. The molecule has 5 nitrogen and oxygen atoms in total. The smallest absolute Gasteiger partial charge is 0.221 e. The summed E-state index contributed by atoms with van der Waals surface area (Å²) in [5.41, 5.74) is 19.0. The van der Waals surface area contributed by atoms with Crippen LogP contribution in [0.1, 0.15) is 25.0 Å². The highest BCUT2D eigenvalue weighted by atomic mass is 15.3. The minimum absolute atomic E-state index is 0.0358. The van der Waals surface area contributed by atoms with Gasteiger partial charge in [-0.1, -0.05) is 129 Å². The van der Waals surface area contributed by atoms with Crippen molar-refractivity contribution in [3.8, 4) is 39.3 Å². The lowest BCUT2D eigenvalue weighted by molar-refractivity contribution is 0.660.